The highest BCUT2D eigenvalue weighted by molar-refractivity contribution is 6.30. The zero-order valence-electron chi connectivity index (χ0n) is 13.8. The van der Waals surface area contributed by atoms with E-state index in [1.807, 2.05) is 18.4 Å². The molecular formula is C18H24ClN3O2. The Kier molecular flexibility index (Phi) is 6.12. The summed E-state index contributed by atoms with van der Waals surface area (Å²) in [6, 6.07) is 7.19. The van der Waals surface area contributed by atoms with Crippen LogP contribution in [0.15, 0.2) is 36.6 Å². The second kappa shape index (κ2) is 8.51. The number of benzene rings is 1. The molecule has 0 unspecified atom stereocenters. The second-order valence-corrected chi connectivity index (χ2v) is 6.78. The van der Waals surface area contributed by atoms with Crippen LogP contribution in [0.3, 0.4) is 0 Å². The highest BCUT2D eigenvalue weighted by atomic mass is 35.5. The number of carbonyl (C=O) groups excluding carboxylic acids is 1. The Morgan fingerprint density at radius 3 is 2.54 bits per heavy atom. The van der Waals surface area contributed by atoms with Crippen LogP contribution in [0, 0.1) is 0 Å². The van der Waals surface area contributed by atoms with Gasteiger partial charge in [-0.05, 0) is 43.2 Å². The van der Waals surface area contributed by atoms with Crippen LogP contribution in [0.1, 0.15) is 12.8 Å². The van der Waals surface area contributed by atoms with E-state index >= 15 is 0 Å². The number of rotatable bonds is 5. The van der Waals surface area contributed by atoms with Crippen molar-refractivity contribution in [3.8, 4) is 0 Å². The first-order chi connectivity index (χ1) is 11.7. The van der Waals surface area contributed by atoms with Crippen molar-refractivity contribution in [2.24, 2.45) is 0 Å². The molecule has 1 aromatic carbocycles. The molecule has 0 radical (unpaired) electrons. The summed E-state index contributed by atoms with van der Waals surface area (Å²) in [4.78, 5) is 16.8. The van der Waals surface area contributed by atoms with Crippen molar-refractivity contribution in [3.63, 3.8) is 0 Å². The smallest absolute Gasteiger partial charge is 0.238 e. The number of allylic oxidation sites excluding steroid dienone is 1. The molecule has 1 atom stereocenters. The Morgan fingerprint density at radius 1 is 1.17 bits per heavy atom. The van der Waals surface area contributed by atoms with Gasteiger partial charge in [-0.2, -0.15) is 0 Å². The predicted molar refractivity (Wildman–Crippen MR) is 96.2 cm³/mol. The maximum absolute atomic E-state index is 12.1. The summed E-state index contributed by atoms with van der Waals surface area (Å²) >= 11 is 5.85. The fourth-order valence-corrected chi connectivity index (χ4v) is 3.20. The number of hydrogen-bond donors (Lipinski definition) is 1. The quantitative estimate of drug-likeness (QED) is 0.887. The monoisotopic (exact) mass is 349 g/mol. The standard InChI is InChI=1S/C18H24ClN3O2/c19-15-4-6-16(7-5-15)20-18(23)14-22-10-8-21(9-11-22)13-17-3-1-2-12-24-17/h2,4-7,12,17H,1,3,8-11,13-14H2,(H,20,23)/t17-/m1/s1. The molecular weight excluding hydrogens is 326 g/mol. The highest BCUT2D eigenvalue weighted by Crippen LogP contribution is 2.14. The molecule has 1 amide bonds. The van der Waals surface area contributed by atoms with Crippen molar-refractivity contribution in [1.29, 1.82) is 0 Å². The van der Waals surface area contributed by atoms with Crippen molar-refractivity contribution in [2.75, 3.05) is 44.6 Å². The summed E-state index contributed by atoms with van der Waals surface area (Å²) in [5.41, 5.74) is 0.783. The van der Waals surface area contributed by atoms with Gasteiger partial charge in [0.2, 0.25) is 5.91 Å². The maximum atomic E-state index is 12.1. The third kappa shape index (κ3) is 5.23. The lowest BCUT2D eigenvalue weighted by Crippen LogP contribution is -2.50. The van der Waals surface area contributed by atoms with Crippen LogP contribution < -0.4 is 5.32 Å². The Morgan fingerprint density at radius 2 is 1.88 bits per heavy atom. The molecule has 24 heavy (non-hydrogen) atoms. The van der Waals surface area contributed by atoms with Crippen molar-refractivity contribution >= 4 is 23.2 Å². The van der Waals surface area contributed by atoms with Gasteiger partial charge in [0.25, 0.3) is 0 Å². The fraction of sp³-hybridized carbons (Fsp3) is 0.500. The van der Waals surface area contributed by atoms with Crippen molar-refractivity contribution in [3.05, 3.63) is 41.6 Å². The second-order valence-electron chi connectivity index (χ2n) is 6.34. The first-order valence-electron chi connectivity index (χ1n) is 8.49. The SMILES string of the molecule is O=C(CN1CCN(C[C@H]2CCC=CO2)CC1)Nc1ccc(Cl)cc1. The average Bonchev–Trinajstić information content (AvgIpc) is 2.60. The number of anilines is 1. The van der Waals surface area contributed by atoms with Crippen LogP contribution in [0.5, 0.6) is 0 Å². The summed E-state index contributed by atoms with van der Waals surface area (Å²) in [5.74, 6) is 0.0199. The fourth-order valence-electron chi connectivity index (χ4n) is 3.07. The van der Waals surface area contributed by atoms with Crippen molar-refractivity contribution in [1.82, 2.24) is 9.80 Å². The van der Waals surface area contributed by atoms with Gasteiger partial charge in [0, 0.05) is 43.4 Å². The molecule has 130 valence electrons. The van der Waals surface area contributed by atoms with Crippen LogP contribution in [0.2, 0.25) is 5.02 Å². The number of hydrogen-bond acceptors (Lipinski definition) is 4. The van der Waals surface area contributed by atoms with Gasteiger partial charge in [-0.15, -0.1) is 0 Å². The lowest BCUT2D eigenvalue weighted by Gasteiger charge is -2.36. The van der Waals surface area contributed by atoms with E-state index in [1.54, 1.807) is 12.1 Å². The lowest BCUT2D eigenvalue weighted by atomic mass is 10.1. The van der Waals surface area contributed by atoms with Crippen LogP contribution in [-0.4, -0.2) is 61.1 Å². The van der Waals surface area contributed by atoms with E-state index in [1.165, 1.54) is 0 Å². The van der Waals surface area contributed by atoms with E-state index in [-0.39, 0.29) is 5.91 Å². The molecule has 1 N–H and O–H groups in total. The first kappa shape index (κ1) is 17.3. The normalized spacial score (nSPS) is 22.1. The molecule has 2 aliphatic rings. The molecule has 0 aliphatic carbocycles. The van der Waals surface area contributed by atoms with Crippen LogP contribution >= 0.6 is 11.6 Å². The van der Waals surface area contributed by atoms with Gasteiger partial charge in [-0.25, -0.2) is 0 Å². The minimum Gasteiger partial charge on any atom is -0.497 e. The summed E-state index contributed by atoms with van der Waals surface area (Å²) in [7, 11) is 0. The van der Waals surface area contributed by atoms with Crippen molar-refractivity contribution < 1.29 is 9.53 Å². The minimum atomic E-state index is 0.0199. The largest absolute Gasteiger partial charge is 0.497 e. The van der Waals surface area contributed by atoms with Crippen LogP contribution in [0.4, 0.5) is 5.69 Å². The lowest BCUT2D eigenvalue weighted by molar-refractivity contribution is -0.117. The Bertz CT molecular complexity index is 568. The van der Waals surface area contributed by atoms with E-state index in [0.29, 0.717) is 17.7 Å². The van der Waals surface area contributed by atoms with Crippen LogP contribution in [-0.2, 0) is 9.53 Å². The number of amides is 1. The van der Waals surface area contributed by atoms with Gasteiger partial charge in [0.1, 0.15) is 6.10 Å². The molecule has 1 aromatic rings. The van der Waals surface area contributed by atoms with E-state index in [4.69, 9.17) is 16.3 Å². The Labute approximate surface area is 148 Å². The highest BCUT2D eigenvalue weighted by Gasteiger charge is 2.22. The van der Waals surface area contributed by atoms with Gasteiger partial charge >= 0.3 is 0 Å². The molecule has 1 fully saturated rings. The average molecular weight is 350 g/mol. The molecule has 0 aromatic heterocycles. The van der Waals surface area contributed by atoms with Gasteiger partial charge < -0.3 is 10.1 Å². The maximum Gasteiger partial charge on any atom is 0.238 e. The molecule has 2 heterocycles. The molecule has 2 aliphatic heterocycles. The molecule has 0 bridgehead atoms. The summed E-state index contributed by atoms with van der Waals surface area (Å²) < 4.78 is 5.64. The molecule has 0 saturated carbocycles. The number of nitrogens with one attached hydrogen (secondary N) is 1. The Balaban J connectivity index is 1.37. The zero-order chi connectivity index (χ0) is 16.8. The minimum absolute atomic E-state index is 0.0199. The molecule has 3 rings (SSSR count). The number of nitrogens with zero attached hydrogens (tertiary/aromatic N) is 2. The number of piperazine rings is 1. The summed E-state index contributed by atoms with van der Waals surface area (Å²) in [5, 5.41) is 3.58. The molecule has 1 saturated heterocycles. The van der Waals surface area contributed by atoms with E-state index in [9.17, 15) is 4.79 Å². The Hall–Kier alpha value is -1.56. The van der Waals surface area contributed by atoms with Gasteiger partial charge in [-0.3, -0.25) is 14.6 Å². The zero-order valence-corrected chi connectivity index (χ0v) is 14.5. The van der Waals surface area contributed by atoms with Gasteiger partial charge in [0.15, 0.2) is 0 Å². The first-order valence-corrected chi connectivity index (χ1v) is 8.87. The van der Waals surface area contributed by atoms with E-state index in [0.717, 1.165) is 51.3 Å². The van der Waals surface area contributed by atoms with E-state index < -0.39 is 0 Å². The number of ether oxygens (including phenoxy) is 1. The van der Waals surface area contributed by atoms with Crippen molar-refractivity contribution in [2.45, 2.75) is 18.9 Å². The molecule has 0 spiro atoms. The number of halogens is 1. The molecule has 5 nitrogen and oxygen atoms in total. The topological polar surface area (TPSA) is 44.8 Å². The summed E-state index contributed by atoms with van der Waals surface area (Å²) in [6.07, 6.45) is 6.42. The predicted octanol–water partition coefficient (Wildman–Crippen LogP) is 2.59. The van der Waals surface area contributed by atoms with Gasteiger partial charge in [-0.1, -0.05) is 11.6 Å². The van der Waals surface area contributed by atoms with Crippen LogP contribution in [0.25, 0.3) is 0 Å². The number of carbonyl (C=O) groups is 1. The third-order valence-corrected chi connectivity index (χ3v) is 4.70. The van der Waals surface area contributed by atoms with Gasteiger partial charge in [0.05, 0.1) is 12.8 Å². The van der Waals surface area contributed by atoms with E-state index in [2.05, 4.69) is 21.2 Å². The molecule has 6 heteroatoms. The summed E-state index contributed by atoms with van der Waals surface area (Å²) in [6.45, 7) is 5.21. The third-order valence-electron chi connectivity index (χ3n) is 4.44.